The van der Waals surface area contributed by atoms with Gasteiger partial charge in [-0.3, -0.25) is 0 Å². The standard InChI is InChI=1S/C11H16N2O2S/c1-3-15-11(14)9-6(2)16-10(13-9)8(12)7-4-5-7/h7-8H,3-5,12H2,1-2H3. The molecule has 1 aromatic heterocycles. The lowest BCUT2D eigenvalue weighted by Crippen LogP contribution is -2.13. The fraction of sp³-hybridized carbons (Fsp3) is 0.636. The molecule has 16 heavy (non-hydrogen) atoms. The van der Waals surface area contributed by atoms with Gasteiger partial charge >= 0.3 is 5.97 Å². The van der Waals surface area contributed by atoms with Crippen LogP contribution in [0.3, 0.4) is 0 Å². The third-order valence-electron chi connectivity index (χ3n) is 2.70. The molecule has 0 radical (unpaired) electrons. The van der Waals surface area contributed by atoms with Crippen LogP contribution in [0, 0.1) is 12.8 Å². The van der Waals surface area contributed by atoms with Crippen LogP contribution >= 0.6 is 11.3 Å². The van der Waals surface area contributed by atoms with E-state index in [1.807, 2.05) is 6.92 Å². The lowest BCUT2D eigenvalue weighted by Gasteiger charge is -2.04. The molecular formula is C11H16N2O2S. The Hall–Kier alpha value is -0.940. The van der Waals surface area contributed by atoms with Crippen LogP contribution < -0.4 is 5.73 Å². The van der Waals surface area contributed by atoms with E-state index >= 15 is 0 Å². The van der Waals surface area contributed by atoms with Gasteiger partial charge in [0.2, 0.25) is 0 Å². The van der Waals surface area contributed by atoms with Crippen LogP contribution in [-0.2, 0) is 4.74 Å². The normalized spacial score (nSPS) is 17.2. The Morgan fingerprint density at radius 1 is 1.69 bits per heavy atom. The lowest BCUT2D eigenvalue weighted by atomic mass is 10.2. The lowest BCUT2D eigenvalue weighted by molar-refractivity contribution is 0.0519. The van der Waals surface area contributed by atoms with Crippen LogP contribution in [0.5, 0.6) is 0 Å². The Balaban J connectivity index is 2.17. The molecule has 1 saturated carbocycles. The molecule has 0 aliphatic heterocycles. The van der Waals surface area contributed by atoms with Gasteiger partial charge in [0.15, 0.2) is 5.69 Å². The highest BCUT2D eigenvalue weighted by Gasteiger charge is 2.32. The Morgan fingerprint density at radius 2 is 2.38 bits per heavy atom. The molecule has 5 heteroatoms. The van der Waals surface area contributed by atoms with Crippen molar-refractivity contribution in [2.24, 2.45) is 11.7 Å². The van der Waals surface area contributed by atoms with Crippen LogP contribution in [0.1, 0.15) is 46.2 Å². The number of nitrogens with two attached hydrogens (primary N) is 1. The molecule has 4 nitrogen and oxygen atoms in total. The highest BCUT2D eigenvalue weighted by molar-refractivity contribution is 7.12. The second kappa shape index (κ2) is 4.51. The first-order valence-electron chi connectivity index (χ1n) is 5.53. The van der Waals surface area contributed by atoms with E-state index in [1.54, 1.807) is 6.92 Å². The zero-order valence-corrected chi connectivity index (χ0v) is 10.3. The van der Waals surface area contributed by atoms with E-state index in [2.05, 4.69) is 4.98 Å². The number of aryl methyl sites for hydroxylation is 1. The van der Waals surface area contributed by atoms with Gasteiger partial charge in [-0.05, 0) is 32.6 Å². The maximum atomic E-state index is 11.6. The summed E-state index contributed by atoms with van der Waals surface area (Å²) < 4.78 is 4.94. The fourth-order valence-corrected chi connectivity index (χ4v) is 2.61. The number of carbonyl (C=O) groups is 1. The smallest absolute Gasteiger partial charge is 0.358 e. The van der Waals surface area contributed by atoms with E-state index in [0.29, 0.717) is 18.2 Å². The number of aromatic nitrogens is 1. The number of esters is 1. The van der Waals surface area contributed by atoms with Crippen molar-refractivity contribution in [3.05, 3.63) is 15.6 Å². The summed E-state index contributed by atoms with van der Waals surface area (Å²) in [5.74, 6) is 0.214. The minimum absolute atomic E-state index is 0.00752. The van der Waals surface area contributed by atoms with E-state index in [1.165, 1.54) is 24.2 Å². The van der Waals surface area contributed by atoms with Gasteiger partial charge in [-0.1, -0.05) is 0 Å². The van der Waals surface area contributed by atoms with Gasteiger partial charge in [-0.15, -0.1) is 11.3 Å². The molecule has 0 bridgehead atoms. The fourth-order valence-electron chi connectivity index (χ4n) is 1.61. The van der Waals surface area contributed by atoms with Gasteiger partial charge in [-0.2, -0.15) is 0 Å². The molecule has 1 atom stereocenters. The summed E-state index contributed by atoms with van der Waals surface area (Å²) in [7, 11) is 0. The van der Waals surface area contributed by atoms with Crippen molar-refractivity contribution < 1.29 is 9.53 Å². The number of hydrogen-bond donors (Lipinski definition) is 1. The molecule has 0 saturated heterocycles. The first kappa shape index (κ1) is 11.5. The van der Waals surface area contributed by atoms with Crippen LogP contribution in [0.2, 0.25) is 0 Å². The van der Waals surface area contributed by atoms with E-state index < -0.39 is 0 Å². The Labute approximate surface area is 98.8 Å². The molecule has 1 aliphatic rings. The summed E-state index contributed by atoms with van der Waals surface area (Å²) in [5.41, 5.74) is 6.48. The van der Waals surface area contributed by atoms with Crippen LogP contribution in [0.15, 0.2) is 0 Å². The van der Waals surface area contributed by atoms with Crippen molar-refractivity contribution in [1.82, 2.24) is 4.98 Å². The summed E-state index contributed by atoms with van der Waals surface area (Å²) in [4.78, 5) is 16.8. The number of hydrogen-bond acceptors (Lipinski definition) is 5. The van der Waals surface area contributed by atoms with Gasteiger partial charge in [0.05, 0.1) is 12.6 Å². The zero-order valence-electron chi connectivity index (χ0n) is 9.53. The Morgan fingerprint density at radius 3 is 2.94 bits per heavy atom. The van der Waals surface area contributed by atoms with Crippen LogP contribution in [-0.4, -0.2) is 17.6 Å². The number of thiazole rings is 1. The summed E-state index contributed by atoms with van der Waals surface area (Å²) in [6, 6.07) is -0.00752. The van der Waals surface area contributed by atoms with Crippen LogP contribution in [0.4, 0.5) is 0 Å². The largest absolute Gasteiger partial charge is 0.461 e. The van der Waals surface area contributed by atoms with Gasteiger partial charge < -0.3 is 10.5 Å². The SMILES string of the molecule is CCOC(=O)c1nc(C(N)C2CC2)sc1C. The molecule has 0 aromatic carbocycles. The molecule has 0 amide bonds. The van der Waals surface area contributed by atoms with Gasteiger partial charge in [0, 0.05) is 4.88 Å². The number of rotatable bonds is 4. The Kier molecular flexibility index (Phi) is 3.25. The molecule has 0 spiro atoms. The maximum absolute atomic E-state index is 11.6. The highest BCUT2D eigenvalue weighted by Crippen LogP contribution is 2.40. The van der Waals surface area contributed by atoms with E-state index in [-0.39, 0.29) is 12.0 Å². The van der Waals surface area contributed by atoms with Crippen molar-refractivity contribution in [2.75, 3.05) is 6.61 Å². The second-order valence-corrected chi connectivity index (χ2v) is 5.28. The summed E-state index contributed by atoms with van der Waals surface area (Å²) in [6.45, 7) is 4.04. The number of nitrogens with zero attached hydrogens (tertiary/aromatic N) is 1. The van der Waals surface area contributed by atoms with E-state index in [4.69, 9.17) is 10.5 Å². The third-order valence-corrected chi connectivity index (χ3v) is 3.77. The molecule has 1 aliphatic carbocycles. The molecule has 1 heterocycles. The molecular weight excluding hydrogens is 224 g/mol. The predicted octanol–water partition coefficient (Wildman–Crippen LogP) is 2.04. The predicted molar refractivity (Wildman–Crippen MR) is 62.5 cm³/mol. The first-order chi connectivity index (χ1) is 7.63. The topological polar surface area (TPSA) is 65.2 Å². The monoisotopic (exact) mass is 240 g/mol. The first-order valence-corrected chi connectivity index (χ1v) is 6.35. The molecule has 88 valence electrons. The van der Waals surface area contributed by atoms with Gasteiger partial charge in [0.25, 0.3) is 0 Å². The molecule has 2 N–H and O–H groups in total. The third kappa shape index (κ3) is 2.25. The summed E-state index contributed by atoms with van der Waals surface area (Å²) >= 11 is 1.51. The van der Waals surface area contributed by atoms with E-state index in [0.717, 1.165) is 9.88 Å². The minimum Gasteiger partial charge on any atom is -0.461 e. The zero-order chi connectivity index (χ0) is 11.7. The van der Waals surface area contributed by atoms with E-state index in [9.17, 15) is 4.79 Å². The summed E-state index contributed by atoms with van der Waals surface area (Å²) in [5, 5.41) is 0.864. The number of ether oxygens (including phenoxy) is 1. The van der Waals surface area contributed by atoms with Gasteiger partial charge in [-0.25, -0.2) is 9.78 Å². The Bertz CT molecular complexity index is 399. The maximum Gasteiger partial charge on any atom is 0.358 e. The molecule has 2 rings (SSSR count). The molecule has 1 aromatic rings. The van der Waals surface area contributed by atoms with Gasteiger partial charge in [0.1, 0.15) is 5.01 Å². The average molecular weight is 240 g/mol. The number of carbonyl (C=O) groups excluding carboxylic acids is 1. The van der Waals surface area contributed by atoms with Crippen LogP contribution in [0.25, 0.3) is 0 Å². The molecule has 1 unspecified atom stereocenters. The van der Waals surface area contributed by atoms with Crippen molar-refractivity contribution in [1.29, 1.82) is 0 Å². The quantitative estimate of drug-likeness (QED) is 0.818. The average Bonchev–Trinajstić information content (AvgIpc) is 3.01. The minimum atomic E-state index is -0.342. The van der Waals surface area contributed by atoms with Crippen molar-refractivity contribution in [3.8, 4) is 0 Å². The van der Waals surface area contributed by atoms with Crippen molar-refractivity contribution >= 4 is 17.3 Å². The van der Waals surface area contributed by atoms with Crippen molar-refractivity contribution in [3.63, 3.8) is 0 Å². The highest BCUT2D eigenvalue weighted by atomic mass is 32.1. The molecule has 1 fully saturated rings. The van der Waals surface area contributed by atoms with Crippen molar-refractivity contribution in [2.45, 2.75) is 32.7 Å². The summed E-state index contributed by atoms with van der Waals surface area (Å²) in [6.07, 6.45) is 2.35. The second-order valence-electron chi connectivity index (χ2n) is 4.04.